The molecule has 0 heterocycles. The van der Waals surface area contributed by atoms with E-state index in [1.807, 2.05) is 0 Å². The highest BCUT2D eigenvalue weighted by molar-refractivity contribution is 5.69. The van der Waals surface area contributed by atoms with Crippen LogP contribution in [0.1, 0.15) is 90.9 Å². The Morgan fingerprint density at radius 1 is 0.562 bits per heavy atom. The second-order valence-corrected chi connectivity index (χ2v) is 8.32. The van der Waals surface area contributed by atoms with Gasteiger partial charge >= 0.3 is 12.2 Å². The summed E-state index contributed by atoms with van der Waals surface area (Å²) in [4.78, 5) is 28.7. The van der Waals surface area contributed by atoms with Crippen LogP contribution in [0.2, 0.25) is 0 Å². The molecule has 0 aromatic heterocycles. The smallest absolute Gasteiger partial charge is 0.409 e. The lowest BCUT2D eigenvalue weighted by Gasteiger charge is -2.27. The van der Waals surface area contributed by atoms with Gasteiger partial charge in [0.15, 0.2) is 0 Å². The normalized spacial score (nSPS) is 10.8. The van der Waals surface area contributed by atoms with Crippen LogP contribution >= 0.6 is 0 Å². The van der Waals surface area contributed by atoms with E-state index in [-0.39, 0.29) is 12.2 Å². The minimum atomic E-state index is -0.292. The zero-order valence-electron chi connectivity index (χ0n) is 20.8. The van der Waals surface area contributed by atoms with Crippen molar-refractivity contribution in [2.75, 3.05) is 52.5 Å². The van der Waals surface area contributed by atoms with Gasteiger partial charge in [-0.2, -0.15) is 0 Å². The van der Waals surface area contributed by atoms with E-state index < -0.39 is 0 Å². The van der Waals surface area contributed by atoms with E-state index in [0.717, 1.165) is 77.0 Å². The summed E-state index contributed by atoms with van der Waals surface area (Å²) >= 11 is 0. The maximum atomic E-state index is 12.6. The summed E-state index contributed by atoms with van der Waals surface area (Å²) in [6.07, 6.45) is 11.1. The molecule has 0 radical (unpaired) electrons. The van der Waals surface area contributed by atoms with Gasteiger partial charge in [-0.3, -0.25) is 0 Å². The van der Waals surface area contributed by atoms with E-state index in [2.05, 4.69) is 13.8 Å². The van der Waals surface area contributed by atoms with E-state index in [4.69, 9.17) is 20.9 Å². The van der Waals surface area contributed by atoms with Crippen LogP contribution in [0.4, 0.5) is 9.59 Å². The molecule has 0 spiro atoms. The van der Waals surface area contributed by atoms with Crippen molar-refractivity contribution in [1.82, 2.24) is 9.80 Å². The highest BCUT2D eigenvalue weighted by Gasteiger charge is 2.19. The first-order valence-electron chi connectivity index (χ1n) is 12.8. The number of ether oxygens (including phenoxy) is 2. The fraction of sp³-hybridized carbons (Fsp3) is 0.917. The molecule has 0 aliphatic rings. The summed E-state index contributed by atoms with van der Waals surface area (Å²) < 4.78 is 10.9. The molecular formula is C24H50N4O4. The molecular weight excluding hydrogens is 408 g/mol. The number of carbonyl (C=O) groups excluding carboxylic acids is 2. The van der Waals surface area contributed by atoms with Crippen LogP contribution < -0.4 is 11.5 Å². The average molecular weight is 459 g/mol. The fourth-order valence-corrected chi connectivity index (χ4v) is 3.22. The minimum absolute atomic E-state index is 0.292. The van der Waals surface area contributed by atoms with Gasteiger partial charge in [0.1, 0.15) is 0 Å². The Hall–Kier alpha value is -1.54. The van der Waals surface area contributed by atoms with Crippen LogP contribution in [0.25, 0.3) is 0 Å². The first kappa shape index (κ1) is 30.5. The van der Waals surface area contributed by atoms with Crippen molar-refractivity contribution in [3.63, 3.8) is 0 Å². The van der Waals surface area contributed by atoms with Gasteiger partial charge in [-0.25, -0.2) is 9.59 Å². The summed E-state index contributed by atoms with van der Waals surface area (Å²) in [7, 11) is 0. The number of hydrogen-bond acceptors (Lipinski definition) is 6. The van der Waals surface area contributed by atoms with Crippen LogP contribution in [0, 0.1) is 0 Å². The molecule has 0 saturated carbocycles. The third-order valence-corrected chi connectivity index (χ3v) is 5.37. The standard InChI is InChI=1S/C24H50N4O4/c1-3-5-21-31-23(29)27(17-13-9-7-11-15-25)19-20-28(18-14-10-8-12-16-26)24(30)32-22-6-4-2/h3-22,25-26H2,1-2H3. The van der Waals surface area contributed by atoms with E-state index in [1.54, 1.807) is 9.80 Å². The summed E-state index contributed by atoms with van der Waals surface area (Å²) in [5, 5.41) is 0. The third-order valence-electron chi connectivity index (χ3n) is 5.37. The van der Waals surface area contributed by atoms with Gasteiger partial charge in [0.05, 0.1) is 13.2 Å². The fourth-order valence-electron chi connectivity index (χ4n) is 3.22. The van der Waals surface area contributed by atoms with Gasteiger partial charge in [0.25, 0.3) is 0 Å². The largest absolute Gasteiger partial charge is 0.449 e. The van der Waals surface area contributed by atoms with Crippen molar-refractivity contribution in [3.8, 4) is 0 Å². The lowest BCUT2D eigenvalue weighted by molar-refractivity contribution is 0.0820. The molecule has 8 nitrogen and oxygen atoms in total. The summed E-state index contributed by atoms with van der Waals surface area (Å²) in [5.74, 6) is 0. The predicted molar refractivity (Wildman–Crippen MR) is 131 cm³/mol. The lowest BCUT2D eigenvalue weighted by atomic mass is 10.2. The molecule has 0 rings (SSSR count). The summed E-state index contributed by atoms with van der Waals surface area (Å²) in [5.41, 5.74) is 11.1. The Morgan fingerprint density at radius 3 is 1.28 bits per heavy atom. The monoisotopic (exact) mass is 458 g/mol. The Kier molecular flexibility index (Phi) is 21.6. The van der Waals surface area contributed by atoms with Crippen LogP contribution in [0.5, 0.6) is 0 Å². The van der Waals surface area contributed by atoms with Crippen molar-refractivity contribution >= 4 is 12.2 Å². The number of nitrogens with two attached hydrogens (primary N) is 2. The minimum Gasteiger partial charge on any atom is -0.449 e. The van der Waals surface area contributed by atoms with Crippen molar-refractivity contribution in [1.29, 1.82) is 0 Å². The molecule has 4 N–H and O–H groups in total. The number of hydrogen-bond donors (Lipinski definition) is 2. The highest BCUT2D eigenvalue weighted by Crippen LogP contribution is 2.08. The molecule has 0 fully saturated rings. The first-order chi connectivity index (χ1) is 15.6. The second-order valence-electron chi connectivity index (χ2n) is 8.32. The Labute approximate surface area is 196 Å². The van der Waals surface area contributed by atoms with Crippen molar-refractivity contribution in [3.05, 3.63) is 0 Å². The number of carbonyl (C=O) groups is 2. The molecule has 0 aromatic carbocycles. The number of rotatable bonds is 21. The molecule has 190 valence electrons. The van der Waals surface area contributed by atoms with Crippen molar-refractivity contribution < 1.29 is 19.1 Å². The topological polar surface area (TPSA) is 111 Å². The predicted octanol–water partition coefficient (Wildman–Crippen LogP) is 4.50. The van der Waals surface area contributed by atoms with E-state index >= 15 is 0 Å². The van der Waals surface area contributed by atoms with Gasteiger partial charge in [0.2, 0.25) is 0 Å². The van der Waals surface area contributed by atoms with Crippen molar-refractivity contribution in [2.24, 2.45) is 11.5 Å². The van der Waals surface area contributed by atoms with Gasteiger partial charge in [-0.05, 0) is 51.6 Å². The van der Waals surface area contributed by atoms with Crippen LogP contribution in [0.15, 0.2) is 0 Å². The van der Waals surface area contributed by atoms with Crippen molar-refractivity contribution in [2.45, 2.75) is 90.9 Å². The number of nitrogens with zero attached hydrogens (tertiary/aromatic N) is 2. The maximum absolute atomic E-state index is 12.6. The molecule has 0 aliphatic carbocycles. The van der Waals surface area contributed by atoms with E-state index in [0.29, 0.717) is 52.5 Å². The van der Waals surface area contributed by atoms with Crippen LogP contribution in [-0.2, 0) is 9.47 Å². The molecule has 0 aliphatic heterocycles. The zero-order valence-corrected chi connectivity index (χ0v) is 20.8. The Balaban J connectivity index is 4.80. The third kappa shape index (κ3) is 17.1. The summed E-state index contributed by atoms with van der Waals surface area (Å²) in [6.45, 7) is 8.56. The molecule has 0 atom stereocenters. The molecule has 0 bridgehead atoms. The number of unbranched alkanes of at least 4 members (excludes halogenated alkanes) is 8. The molecule has 32 heavy (non-hydrogen) atoms. The number of amides is 2. The first-order valence-corrected chi connectivity index (χ1v) is 12.8. The van der Waals surface area contributed by atoms with Gasteiger partial charge in [-0.15, -0.1) is 0 Å². The molecule has 0 unspecified atom stereocenters. The highest BCUT2D eigenvalue weighted by atomic mass is 16.6. The maximum Gasteiger partial charge on any atom is 0.409 e. The van der Waals surface area contributed by atoms with E-state index in [1.165, 1.54) is 0 Å². The molecule has 2 amide bonds. The van der Waals surface area contributed by atoms with Gasteiger partial charge < -0.3 is 30.7 Å². The molecule has 8 heteroatoms. The van der Waals surface area contributed by atoms with E-state index in [9.17, 15) is 9.59 Å². The van der Waals surface area contributed by atoms with Crippen LogP contribution in [-0.4, -0.2) is 74.5 Å². The zero-order chi connectivity index (χ0) is 23.9. The summed E-state index contributed by atoms with van der Waals surface area (Å²) in [6, 6.07) is 0. The Bertz CT molecular complexity index is 412. The second kappa shape index (κ2) is 22.6. The Morgan fingerprint density at radius 2 is 0.938 bits per heavy atom. The van der Waals surface area contributed by atoms with Gasteiger partial charge in [-0.1, -0.05) is 52.4 Å². The quantitative estimate of drug-likeness (QED) is 0.245. The van der Waals surface area contributed by atoms with Crippen LogP contribution in [0.3, 0.4) is 0 Å². The molecule has 0 saturated heterocycles. The SMILES string of the molecule is CCCCOC(=O)N(CCCCCCN)CCN(CCCCCCN)C(=O)OCCCC. The van der Waals surface area contributed by atoms with Gasteiger partial charge in [0, 0.05) is 26.2 Å². The average Bonchev–Trinajstić information content (AvgIpc) is 2.79. The lowest BCUT2D eigenvalue weighted by Crippen LogP contribution is -2.42. The molecule has 0 aromatic rings.